The number of aliphatic hydroxyl groups is 1. The van der Waals surface area contributed by atoms with E-state index in [4.69, 9.17) is 5.11 Å². The summed E-state index contributed by atoms with van der Waals surface area (Å²) in [6, 6.07) is 11.4. The fourth-order valence-electron chi connectivity index (χ4n) is 2.06. The first-order valence-corrected chi connectivity index (χ1v) is 6.95. The van der Waals surface area contributed by atoms with E-state index in [2.05, 4.69) is 5.32 Å². The number of rotatable bonds is 4. The highest BCUT2D eigenvalue weighted by atomic mass is 19.1. The molecule has 22 heavy (non-hydrogen) atoms. The van der Waals surface area contributed by atoms with E-state index in [0.717, 1.165) is 22.3 Å². The van der Waals surface area contributed by atoms with Crippen molar-refractivity contribution in [1.29, 1.82) is 0 Å². The van der Waals surface area contributed by atoms with Crippen LogP contribution in [0, 0.1) is 12.7 Å². The molecule has 1 amide bonds. The van der Waals surface area contributed by atoms with Crippen LogP contribution < -0.4 is 5.32 Å². The van der Waals surface area contributed by atoms with Gasteiger partial charge in [0.1, 0.15) is 5.82 Å². The second kappa shape index (κ2) is 7.00. The van der Waals surface area contributed by atoms with E-state index in [1.807, 2.05) is 19.1 Å². The number of nitrogens with one attached hydrogen (secondary N) is 1. The highest BCUT2D eigenvalue weighted by Crippen LogP contribution is 2.18. The third-order valence-corrected chi connectivity index (χ3v) is 3.39. The van der Waals surface area contributed by atoms with Crippen LogP contribution in [0.2, 0.25) is 0 Å². The molecule has 0 atom stereocenters. The molecule has 0 bridgehead atoms. The topological polar surface area (TPSA) is 49.3 Å². The third-order valence-electron chi connectivity index (χ3n) is 3.39. The van der Waals surface area contributed by atoms with Crippen molar-refractivity contribution in [3.8, 4) is 0 Å². The van der Waals surface area contributed by atoms with Gasteiger partial charge in [0.05, 0.1) is 6.61 Å². The maximum Gasteiger partial charge on any atom is 0.248 e. The largest absolute Gasteiger partial charge is 0.392 e. The normalized spacial score (nSPS) is 11.4. The second-order valence-corrected chi connectivity index (χ2v) is 5.13. The lowest BCUT2D eigenvalue weighted by Crippen LogP contribution is -2.10. The average Bonchev–Trinajstić information content (AvgIpc) is 2.50. The zero-order valence-electron chi connectivity index (χ0n) is 12.6. The number of allylic oxidation sites excluding steroid dienone is 1. The molecule has 2 N–H and O–H groups in total. The standard InChI is InChI=1S/C18H18FNO2/c1-12-3-4-14(11-21)10-17(12)20-18(22)9-13(2)15-5-7-16(19)8-6-15/h3-10,21H,11H2,1-2H3,(H,20,22)/b13-9-. The van der Waals surface area contributed by atoms with Gasteiger partial charge in [-0.25, -0.2) is 4.39 Å². The molecule has 2 aromatic carbocycles. The van der Waals surface area contributed by atoms with Gasteiger partial charge in [0.15, 0.2) is 0 Å². The maximum atomic E-state index is 12.9. The highest BCUT2D eigenvalue weighted by molar-refractivity contribution is 6.04. The Labute approximate surface area is 129 Å². The van der Waals surface area contributed by atoms with E-state index < -0.39 is 0 Å². The molecular formula is C18H18FNO2. The van der Waals surface area contributed by atoms with Gasteiger partial charge in [-0.3, -0.25) is 4.79 Å². The van der Waals surface area contributed by atoms with Crippen LogP contribution in [0.15, 0.2) is 48.5 Å². The van der Waals surface area contributed by atoms with Crippen molar-refractivity contribution in [3.63, 3.8) is 0 Å². The van der Waals surface area contributed by atoms with Gasteiger partial charge in [-0.1, -0.05) is 24.3 Å². The number of benzene rings is 2. The molecule has 0 unspecified atom stereocenters. The summed E-state index contributed by atoms with van der Waals surface area (Å²) >= 11 is 0. The van der Waals surface area contributed by atoms with Crippen molar-refractivity contribution in [3.05, 3.63) is 71.0 Å². The van der Waals surface area contributed by atoms with Gasteiger partial charge in [-0.15, -0.1) is 0 Å². The third kappa shape index (κ3) is 4.02. The minimum absolute atomic E-state index is 0.0758. The van der Waals surface area contributed by atoms with Crippen molar-refractivity contribution >= 4 is 17.2 Å². The zero-order valence-corrected chi connectivity index (χ0v) is 12.6. The molecule has 0 aliphatic rings. The van der Waals surface area contributed by atoms with Crippen molar-refractivity contribution in [2.75, 3.05) is 5.32 Å². The summed E-state index contributed by atoms with van der Waals surface area (Å²) in [6.07, 6.45) is 1.47. The molecule has 0 fully saturated rings. The van der Waals surface area contributed by atoms with Crippen molar-refractivity contribution in [2.45, 2.75) is 20.5 Å². The molecule has 2 rings (SSSR count). The number of carbonyl (C=O) groups excluding carboxylic acids is 1. The van der Waals surface area contributed by atoms with Crippen LogP contribution >= 0.6 is 0 Å². The lowest BCUT2D eigenvalue weighted by Gasteiger charge is -2.09. The lowest BCUT2D eigenvalue weighted by molar-refractivity contribution is -0.111. The Morgan fingerprint density at radius 1 is 1.23 bits per heavy atom. The smallest absolute Gasteiger partial charge is 0.248 e. The van der Waals surface area contributed by atoms with E-state index in [0.29, 0.717) is 5.69 Å². The van der Waals surface area contributed by atoms with Gasteiger partial charge in [-0.2, -0.15) is 0 Å². The minimum Gasteiger partial charge on any atom is -0.392 e. The van der Waals surface area contributed by atoms with Gasteiger partial charge in [-0.05, 0) is 54.3 Å². The number of hydrogen-bond donors (Lipinski definition) is 2. The molecule has 0 aliphatic heterocycles. The Morgan fingerprint density at radius 2 is 1.91 bits per heavy atom. The van der Waals surface area contributed by atoms with Crippen LogP contribution in [-0.2, 0) is 11.4 Å². The molecule has 0 aliphatic carbocycles. The Hall–Kier alpha value is -2.46. The van der Waals surface area contributed by atoms with Crippen LogP contribution in [0.25, 0.3) is 5.57 Å². The number of aliphatic hydroxyl groups excluding tert-OH is 1. The molecule has 0 heterocycles. The number of hydrogen-bond acceptors (Lipinski definition) is 2. The first-order valence-electron chi connectivity index (χ1n) is 6.95. The minimum atomic E-state index is -0.308. The van der Waals surface area contributed by atoms with Crippen molar-refractivity contribution in [1.82, 2.24) is 0 Å². The molecule has 0 aromatic heterocycles. The fourth-order valence-corrected chi connectivity index (χ4v) is 2.06. The molecule has 0 radical (unpaired) electrons. The van der Waals surface area contributed by atoms with E-state index >= 15 is 0 Å². The summed E-state index contributed by atoms with van der Waals surface area (Å²) in [5, 5.41) is 11.9. The first-order chi connectivity index (χ1) is 10.5. The number of halogens is 1. The molecule has 2 aromatic rings. The van der Waals surface area contributed by atoms with Crippen LogP contribution in [0.1, 0.15) is 23.6 Å². The molecule has 0 spiro atoms. The van der Waals surface area contributed by atoms with E-state index in [-0.39, 0.29) is 18.3 Å². The Bertz CT molecular complexity index is 706. The summed E-state index contributed by atoms with van der Waals surface area (Å²) in [6.45, 7) is 3.60. The van der Waals surface area contributed by atoms with Crippen LogP contribution in [0.3, 0.4) is 0 Å². The van der Waals surface area contributed by atoms with Gasteiger partial charge in [0, 0.05) is 11.8 Å². The van der Waals surface area contributed by atoms with Gasteiger partial charge >= 0.3 is 0 Å². The predicted molar refractivity (Wildman–Crippen MR) is 85.8 cm³/mol. The predicted octanol–water partition coefficient (Wildman–Crippen LogP) is 3.67. The number of carbonyl (C=O) groups is 1. The molecular weight excluding hydrogens is 281 g/mol. The highest BCUT2D eigenvalue weighted by Gasteiger charge is 2.05. The number of amides is 1. The molecule has 4 heteroatoms. The summed E-state index contributed by atoms with van der Waals surface area (Å²) in [5.74, 6) is -0.572. The molecule has 3 nitrogen and oxygen atoms in total. The van der Waals surface area contributed by atoms with Gasteiger partial charge in [0.25, 0.3) is 0 Å². The van der Waals surface area contributed by atoms with Crippen LogP contribution in [0.4, 0.5) is 10.1 Å². The van der Waals surface area contributed by atoms with E-state index in [9.17, 15) is 9.18 Å². The monoisotopic (exact) mass is 299 g/mol. The Balaban J connectivity index is 2.15. The summed E-state index contributed by atoms with van der Waals surface area (Å²) in [5.41, 5.74) is 3.85. The Kier molecular flexibility index (Phi) is 5.07. The molecule has 114 valence electrons. The van der Waals surface area contributed by atoms with Gasteiger partial charge in [0.2, 0.25) is 5.91 Å². The summed E-state index contributed by atoms with van der Waals surface area (Å²) < 4.78 is 12.9. The van der Waals surface area contributed by atoms with Crippen LogP contribution in [-0.4, -0.2) is 11.0 Å². The summed E-state index contributed by atoms with van der Waals surface area (Å²) in [4.78, 5) is 12.1. The summed E-state index contributed by atoms with van der Waals surface area (Å²) in [7, 11) is 0. The fraction of sp³-hybridized carbons (Fsp3) is 0.167. The Morgan fingerprint density at radius 3 is 2.55 bits per heavy atom. The lowest BCUT2D eigenvalue weighted by atomic mass is 10.1. The zero-order chi connectivity index (χ0) is 16.1. The second-order valence-electron chi connectivity index (χ2n) is 5.13. The molecule has 0 saturated carbocycles. The molecule has 0 saturated heterocycles. The average molecular weight is 299 g/mol. The maximum absolute atomic E-state index is 12.9. The van der Waals surface area contributed by atoms with Gasteiger partial charge < -0.3 is 10.4 Å². The van der Waals surface area contributed by atoms with Crippen LogP contribution in [0.5, 0.6) is 0 Å². The first kappa shape index (κ1) is 15.9. The quantitative estimate of drug-likeness (QED) is 0.846. The van der Waals surface area contributed by atoms with E-state index in [1.165, 1.54) is 18.2 Å². The SMILES string of the molecule is C/C(=C/C(=O)Nc1cc(CO)ccc1C)c1ccc(F)cc1. The number of anilines is 1. The van der Waals surface area contributed by atoms with Crippen molar-refractivity contribution in [2.24, 2.45) is 0 Å². The van der Waals surface area contributed by atoms with E-state index in [1.54, 1.807) is 25.1 Å². The van der Waals surface area contributed by atoms with Crippen molar-refractivity contribution < 1.29 is 14.3 Å². The number of aryl methyl sites for hydroxylation is 1.